The Balaban J connectivity index is 1.83. The van der Waals surface area contributed by atoms with Crippen LogP contribution in [0.25, 0.3) is 0 Å². The minimum atomic E-state index is -0.658. The predicted molar refractivity (Wildman–Crippen MR) is 94.4 cm³/mol. The molecule has 0 aliphatic carbocycles. The highest BCUT2D eigenvalue weighted by Crippen LogP contribution is 2.41. The maximum atomic E-state index is 12.4. The Morgan fingerprint density at radius 1 is 1.17 bits per heavy atom. The van der Waals surface area contributed by atoms with Gasteiger partial charge in [-0.25, -0.2) is 0 Å². The van der Waals surface area contributed by atoms with Crippen LogP contribution in [-0.2, 0) is 9.54 Å². The van der Waals surface area contributed by atoms with Gasteiger partial charge in [0.15, 0.2) is 5.17 Å². The van der Waals surface area contributed by atoms with E-state index in [2.05, 4.69) is 46.5 Å². The number of amidine groups is 1. The summed E-state index contributed by atoms with van der Waals surface area (Å²) in [6, 6.07) is 12.1. The molecular formula is C18H19N3OS. The molecule has 1 aromatic heterocycles. The molecule has 2 heterocycles. The zero-order valence-corrected chi connectivity index (χ0v) is 14.2. The van der Waals surface area contributed by atoms with Crippen molar-refractivity contribution in [2.24, 2.45) is 4.99 Å². The van der Waals surface area contributed by atoms with Crippen LogP contribution >= 0.6 is 11.8 Å². The van der Waals surface area contributed by atoms with Crippen molar-refractivity contribution in [3.05, 3.63) is 65.5 Å². The van der Waals surface area contributed by atoms with E-state index in [-0.39, 0.29) is 11.9 Å². The van der Waals surface area contributed by atoms with E-state index in [9.17, 15) is 4.79 Å². The lowest BCUT2D eigenvalue weighted by Crippen LogP contribution is -2.31. The number of amides is 1. The van der Waals surface area contributed by atoms with Crippen LogP contribution in [0.15, 0.2) is 53.8 Å². The third kappa shape index (κ3) is 3.15. The minimum Gasteiger partial charge on any atom is -0.304 e. The Labute approximate surface area is 140 Å². The Bertz CT molecular complexity index is 743. The lowest BCUT2D eigenvalue weighted by molar-refractivity contribution is -0.121. The molecule has 2 aromatic rings. The number of hydrogen-bond acceptors (Lipinski definition) is 4. The third-order valence-corrected chi connectivity index (χ3v) is 5.29. The summed E-state index contributed by atoms with van der Waals surface area (Å²) in [5.74, 6) is -0.0384. The fraction of sp³-hybridized carbons (Fsp3) is 0.278. The van der Waals surface area contributed by atoms with Gasteiger partial charge in [-0.15, -0.1) is 0 Å². The van der Waals surface area contributed by atoms with Crippen LogP contribution in [0.2, 0.25) is 0 Å². The third-order valence-electron chi connectivity index (χ3n) is 4.06. The van der Waals surface area contributed by atoms with E-state index in [0.29, 0.717) is 5.17 Å². The standard InChI is InChI=1S/C18H19N3OS/c1-12-4-6-14(7-5-12)13(2)20-17-21-16(22)18(3,23-17)15-8-10-19-11-9-15/h4-11,13H,1-3H3,(H,20,21,22)/t13?,18-/m0/s1. The molecule has 4 nitrogen and oxygen atoms in total. The van der Waals surface area contributed by atoms with Crippen molar-refractivity contribution in [1.29, 1.82) is 0 Å². The molecule has 2 atom stereocenters. The topological polar surface area (TPSA) is 54.4 Å². The van der Waals surface area contributed by atoms with E-state index in [1.54, 1.807) is 12.4 Å². The highest BCUT2D eigenvalue weighted by Gasteiger charge is 2.44. The number of nitrogens with zero attached hydrogens (tertiary/aromatic N) is 2. The highest BCUT2D eigenvalue weighted by molar-refractivity contribution is 8.15. The summed E-state index contributed by atoms with van der Waals surface area (Å²) >= 11 is 1.46. The summed E-state index contributed by atoms with van der Waals surface area (Å²) in [5.41, 5.74) is 3.29. The number of rotatable bonds is 3. The number of aromatic nitrogens is 1. The molecule has 1 aliphatic heterocycles. The average molecular weight is 325 g/mol. The quantitative estimate of drug-likeness (QED) is 0.938. The molecule has 118 valence electrons. The summed E-state index contributed by atoms with van der Waals surface area (Å²) in [7, 11) is 0. The van der Waals surface area contributed by atoms with Crippen molar-refractivity contribution >= 4 is 22.8 Å². The van der Waals surface area contributed by atoms with Gasteiger partial charge in [-0.3, -0.25) is 14.8 Å². The second-order valence-electron chi connectivity index (χ2n) is 5.85. The van der Waals surface area contributed by atoms with Crippen LogP contribution in [0.5, 0.6) is 0 Å². The lowest BCUT2D eigenvalue weighted by Gasteiger charge is -2.18. The van der Waals surface area contributed by atoms with Gasteiger partial charge in [-0.1, -0.05) is 41.6 Å². The molecule has 1 N–H and O–H groups in total. The normalized spacial score (nSPS) is 23.8. The molecule has 1 unspecified atom stereocenters. The molecule has 5 heteroatoms. The lowest BCUT2D eigenvalue weighted by atomic mass is 10.0. The Morgan fingerprint density at radius 3 is 2.48 bits per heavy atom. The van der Waals surface area contributed by atoms with E-state index < -0.39 is 4.75 Å². The second-order valence-corrected chi connectivity index (χ2v) is 7.25. The molecule has 0 spiro atoms. The van der Waals surface area contributed by atoms with Gasteiger partial charge in [0.25, 0.3) is 0 Å². The molecule has 1 aromatic carbocycles. The molecule has 23 heavy (non-hydrogen) atoms. The Kier molecular flexibility index (Phi) is 4.22. The fourth-order valence-electron chi connectivity index (χ4n) is 2.50. The number of aliphatic imine (C=N–C) groups is 1. The number of aryl methyl sites for hydroxylation is 1. The van der Waals surface area contributed by atoms with E-state index in [1.807, 2.05) is 26.0 Å². The van der Waals surface area contributed by atoms with Crippen molar-refractivity contribution in [1.82, 2.24) is 10.3 Å². The van der Waals surface area contributed by atoms with Crippen LogP contribution in [0.3, 0.4) is 0 Å². The molecule has 1 fully saturated rings. The fourth-order valence-corrected chi connectivity index (χ4v) is 3.63. The van der Waals surface area contributed by atoms with Gasteiger partial charge in [-0.05, 0) is 44.0 Å². The van der Waals surface area contributed by atoms with Crippen molar-refractivity contribution in [2.45, 2.75) is 31.6 Å². The van der Waals surface area contributed by atoms with Gasteiger partial charge in [0, 0.05) is 12.4 Å². The number of benzene rings is 1. The smallest absolute Gasteiger partial charge is 0.246 e. The van der Waals surface area contributed by atoms with Gasteiger partial charge in [0.1, 0.15) is 4.75 Å². The molecule has 0 radical (unpaired) electrons. The van der Waals surface area contributed by atoms with E-state index in [0.717, 1.165) is 11.1 Å². The van der Waals surface area contributed by atoms with Gasteiger partial charge < -0.3 is 5.32 Å². The second kappa shape index (κ2) is 6.16. The van der Waals surface area contributed by atoms with Crippen molar-refractivity contribution in [3.8, 4) is 0 Å². The van der Waals surface area contributed by atoms with Crippen LogP contribution < -0.4 is 5.32 Å². The maximum Gasteiger partial charge on any atom is 0.246 e. The molecule has 1 aliphatic rings. The van der Waals surface area contributed by atoms with Crippen LogP contribution in [0, 0.1) is 6.92 Å². The number of nitrogens with one attached hydrogen (secondary N) is 1. The molecule has 1 saturated heterocycles. The predicted octanol–water partition coefficient (Wildman–Crippen LogP) is 3.59. The van der Waals surface area contributed by atoms with Crippen molar-refractivity contribution < 1.29 is 4.79 Å². The zero-order valence-electron chi connectivity index (χ0n) is 13.4. The minimum absolute atomic E-state index is 0.00168. The van der Waals surface area contributed by atoms with Crippen LogP contribution in [0.4, 0.5) is 0 Å². The van der Waals surface area contributed by atoms with Crippen LogP contribution in [-0.4, -0.2) is 16.1 Å². The summed E-state index contributed by atoms with van der Waals surface area (Å²) < 4.78 is -0.658. The van der Waals surface area contributed by atoms with Gasteiger partial charge in [-0.2, -0.15) is 0 Å². The number of carbonyl (C=O) groups is 1. The number of pyridine rings is 1. The summed E-state index contributed by atoms with van der Waals surface area (Å²) in [4.78, 5) is 21.1. The molecular weight excluding hydrogens is 306 g/mol. The molecule has 1 amide bonds. The monoisotopic (exact) mass is 325 g/mol. The SMILES string of the molecule is Cc1ccc(C(C)N=C2NC(=O)[C@](C)(c3ccncc3)S2)cc1. The van der Waals surface area contributed by atoms with Crippen molar-refractivity contribution in [3.63, 3.8) is 0 Å². The summed E-state index contributed by atoms with van der Waals surface area (Å²) in [6.07, 6.45) is 3.41. The average Bonchev–Trinajstić information content (AvgIpc) is 2.84. The largest absolute Gasteiger partial charge is 0.304 e. The van der Waals surface area contributed by atoms with E-state index in [4.69, 9.17) is 0 Å². The molecule has 3 rings (SSSR count). The van der Waals surface area contributed by atoms with Crippen molar-refractivity contribution in [2.75, 3.05) is 0 Å². The number of thioether (sulfide) groups is 1. The van der Waals surface area contributed by atoms with E-state index in [1.165, 1.54) is 17.3 Å². The summed E-state index contributed by atoms with van der Waals surface area (Å²) in [6.45, 7) is 6.02. The first-order valence-corrected chi connectivity index (χ1v) is 8.36. The maximum absolute atomic E-state index is 12.4. The number of carbonyl (C=O) groups excluding carboxylic acids is 1. The zero-order chi connectivity index (χ0) is 16.4. The molecule has 0 saturated carbocycles. The summed E-state index contributed by atoms with van der Waals surface area (Å²) in [5, 5.41) is 3.58. The van der Waals surface area contributed by atoms with Gasteiger partial charge >= 0.3 is 0 Å². The van der Waals surface area contributed by atoms with Crippen LogP contribution in [0.1, 0.15) is 36.6 Å². The van der Waals surface area contributed by atoms with E-state index >= 15 is 0 Å². The van der Waals surface area contributed by atoms with Gasteiger partial charge in [0.2, 0.25) is 5.91 Å². The first-order valence-electron chi connectivity index (χ1n) is 7.54. The Morgan fingerprint density at radius 2 is 1.83 bits per heavy atom. The first kappa shape index (κ1) is 15.7. The first-order chi connectivity index (χ1) is 11.0. The highest BCUT2D eigenvalue weighted by atomic mass is 32.2. The molecule has 0 bridgehead atoms. The number of hydrogen-bond donors (Lipinski definition) is 1. The van der Waals surface area contributed by atoms with Gasteiger partial charge in [0.05, 0.1) is 6.04 Å². The Hall–Kier alpha value is -2.14.